The quantitative estimate of drug-likeness (QED) is 0.496. The second kappa shape index (κ2) is 8.69. The average Bonchev–Trinajstić information content (AvgIpc) is 3.48. The van der Waals surface area contributed by atoms with Crippen LogP contribution in [-0.4, -0.2) is 42.6 Å². The van der Waals surface area contributed by atoms with E-state index in [-0.39, 0.29) is 11.8 Å². The average molecular weight is 401 g/mol. The Hall–Kier alpha value is -3.81. The van der Waals surface area contributed by atoms with Gasteiger partial charge in [-0.25, -0.2) is 10.1 Å². The molecule has 0 bridgehead atoms. The van der Waals surface area contributed by atoms with Crippen LogP contribution < -0.4 is 5.32 Å². The van der Waals surface area contributed by atoms with Gasteiger partial charge < -0.3 is 9.88 Å². The van der Waals surface area contributed by atoms with Gasteiger partial charge in [-0.1, -0.05) is 38.1 Å². The number of nitrogens with zero attached hydrogens (tertiary/aromatic N) is 5. The largest absolute Gasteiger partial charge is 0.356 e. The molecule has 0 radical (unpaired) electrons. The second-order valence-corrected chi connectivity index (χ2v) is 7.33. The summed E-state index contributed by atoms with van der Waals surface area (Å²) in [6.45, 7) is 4.34. The SMILES string of the molecule is CC(C)C(=O)NCCc1cc(-c2nnn[nH]2)ccc1-c1ccc(-n2ccnc2)cc1. The zero-order valence-corrected chi connectivity index (χ0v) is 16.9. The number of H-pyrrole nitrogens is 1. The number of aromatic nitrogens is 6. The Bertz CT molecular complexity index is 1100. The summed E-state index contributed by atoms with van der Waals surface area (Å²) in [6.07, 6.45) is 6.15. The fourth-order valence-corrected chi connectivity index (χ4v) is 3.26. The molecule has 2 aromatic heterocycles. The maximum atomic E-state index is 11.9. The maximum absolute atomic E-state index is 11.9. The molecule has 8 nitrogen and oxygen atoms in total. The van der Waals surface area contributed by atoms with Crippen LogP contribution >= 0.6 is 0 Å². The lowest BCUT2D eigenvalue weighted by molar-refractivity contribution is -0.123. The van der Waals surface area contributed by atoms with Crippen LogP contribution in [0, 0.1) is 5.92 Å². The van der Waals surface area contributed by atoms with Crippen LogP contribution in [0.1, 0.15) is 19.4 Å². The Morgan fingerprint density at radius 3 is 2.60 bits per heavy atom. The van der Waals surface area contributed by atoms with E-state index in [1.54, 1.807) is 12.5 Å². The molecular formula is C22H23N7O. The number of imidazole rings is 1. The molecule has 4 aromatic rings. The lowest BCUT2D eigenvalue weighted by Crippen LogP contribution is -2.29. The highest BCUT2D eigenvalue weighted by molar-refractivity contribution is 5.78. The van der Waals surface area contributed by atoms with Crippen molar-refractivity contribution in [2.45, 2.75) is 20.3 Å². The molecule has 0 saturated heterocycles. The molecule has 0 fully saturated rings. The van der Waals surface area contributed by atoms with Crippen molar-refractivity contribution >= 4 is 5.91 Å². The van der Waals surface area contributed by atoms with E-state index in [0.29, 0.717) is 18.8 Å². The molecule has 4 rings (SSSR count). The zero-order chi connectivity index (χ0) is 20.9. The zero-order valence-electron chi connectivity index (χ0n) is 16.9. The number of carbonyl (C=O) groups is 1. The molecular weight excluding hydrogens is 378 g/mol. The number of hydrogen-bond acceptors (Lipinski definition) is 5. The van der Waals surface area contributed by atoms with Crippen molar-refractivity contribution in [2.75, 3.05) is 6.54 Å². The standard InChI is InChI=1S/C22H23N7O/c1-15(2)22(30)24-10-9-17-13-18(21-25-27-28-26-21)5-8-20(17)16-3-6-19(7-4-16)29-12-11-23-14-29/h3-8,11-15H,9-10H2,1-2H3,(H,24,30)(H,25,26,27,28). The normalized spacial score (nSPS) is 11.0. The molecule has 0 spiro atoms. The van der Waals surface area contributed by atoms with E-state index < -0.39 is 0 Å². The summed E-state index contributed by atoms with van der Waals surface area (Å²) >= 11 is 0. The fraction of sp³-hybridized carbons (Fsp3) is 0.227. The minimum absolute atomic E-state index is 0.0354. The summed E-state index contributed by atoms with van der Waals surface area (Å²) in [5.74, 6) is 0.632. The van der Waals surface area contributed by atoms with Gasteiger partial charge in [0.2, 0.25) is 5.91 Å². The first kappa shape index (κ1) is 19.5. The monoisotopic (exact) mass is 401 g/mol. The number of nitrogens with one attached hydrogen (secondary N) is 2. The van der Waals surface area contributed by atoms with Crippen LogP contribution in [-0.2, 0) is 11.2 Å². The lowest BCUT2D eigenvalue weighted by atomic mass is 9.95. The topological polar surface area (TPSA) is 101 Å². The van der Waals surface area contributed by atoms with Gasteiger partial charge in [0.15, 0.2) is 5.82 Å². The first-order valence-corrected chi connectivity index (χ1v) is 9.85. The Kier molecular flexibility index (Phi) is 5.65. The predicted molar refractivity (Wildman–Crippen MR) is 114 cm³/mol. The van der Waals surface area contributed by atoms with E-state index in [9.17, 15) is 4.79 Å². The highest BCUT2D eigenvalue weighted by atomic mass is 16.1. The van der Waals surface area contributed by atoms with E-state index in [1.807, 2.05) is 30.7 Å². The molecule has 0 unspecified atom stereocenters. The molecule has 8 heteroatoms. The van der Waals surface area contributed by atoms with Crippen molar-refractivity contribution in [1.82, 2.24) is 35.5 Å². The lowest BCUT2D eigenvalue weighted by Gasteiger charge is -2.14. The summed E-state index contributed by atoms with van der Waals surface area (Å²) in [7, 11) is 0. The van der Waals surface area contributed by atoms with Gasteiger partial charge in [-0.3, -0.25) is 4.79 Å². The molecule has 0 aliphatic rings. The van der Waals surface area contributed by atoms with E-state index in [2.05, 4.69) is 67.3 Å². The molecule has 2 aromatic carbocycles. The molecule has 30 heavy (non-hydrogen) atoms. The summed E-state index contributed by atoms with van der Waals surface area (Å²) in [5.41, 5.74) is 5.28. The van der Waals surface area contributed by atoms with Gasteiger partial charge >= 0.3 is 0 Å². The van der Waals surface area contributed by atoms with Gasteiger partial charge in [0.05, 0.1) is 6.33 Å². The first-order valence-electron chi connectivity index (χ1n) is 9.85. The summed E-state index contributed by atoms with van der Waals surface area (Å²) in [5, 5.41) is 17.1. The highest BCUT2D eigenvalue weighted by Gasteiger charge is 2.12. The third-order valence-corrected chi connectivity index (χ3v) is 4.92. The van der Waals surface area contributed by atoms with Gasteiger partial charge in [-0.05, 0) is 51.7 Å². The minimum atomic E-state index is -0.0354. The summed E-state index contributed by atoms with van der Waals surface area (Å²) in [4.78, 5) is 16.0. The van der Waals surface area contributed by atoms with Gasteiger partial charge in [0.25, 0.3) is 0 Å². The van der Waals surface area contributed by atoms with Crippen LogP contribution in [0.2, 0.25) is 0 Å². The number of hydrogen-bond donors (Lipinski definition) is 2. The smallest absolute Gasteiger partial charge is 0.222 e. The molecule has 2 N–H and O–H groups in total. The van der Waals surface area contributed by atoms with Crippen LogP contribution in [0.25, 0.3) is 28.2 Å². The van der Waals surface area contributed by atoms with Crippen LogP contribution in [0.4, 0.5) is 0 Å². The van der Waals surface area contributed by atoms with Crippen LogP contribution in [0.3, 0.4) is 0 Å². The molecule has 0 atom stereocenters. The number of benzene rings is 2. The predicted octanol–water partition coefficient (Wildman–Crippen LogP) is 3.03. The van der Waals surface area contributed by atoms with Gasteiger partial charge in [0.1, 0.15) is 0 Å². The van der Waals surface area contributed by atoms with Crippen molar-refractivity contribution in [1.29, 1.82) is 0 Å². The van der Waals surface area contributed by atoms with Crippen molar-refractivity contribution in [3.8, 4) is 28.2 Å². The van der Waals surface area contributed by atoms with Crippen molar-refractivity contribution in [2.24, 2.45) is 5.92 Å². The summed E-state index contributed by atoms with van der Waals surface area (Å²) in [6, 6.07) is 14.5. The van der Waals surface area contributed by atoms with Crippen molar-refractivity contribution in [3.05, 3.63) is 66.7 Å². The van der Waals surface area contributed by atoms with Crippen LogP contribution in [0.5, 0.6) is 0 Å². The molecule has 2 heterocycles. The van der Waals surface area contributed by atoms with E-state index in [4.69, 9.17) is 0 Å². The van der Waals surface area contributed by atoms with E-state index in [1.165, 1.54) is 0 Å². The van der Waals surface area contributed by atoms with Crippen molar-refractivity contribution in [3.63, 3.8) is 0 Å². The Morgan fingerprint density at radius 1 is 1.13 bits per heavy atom. The van der Waals surface area contributed by atoms with Gasteiger partial charge in [0, 0.05) is 36.1 Å². The molecule has 0 saturated carbocycles. The molecule has 152 valence electrons. The number of carbonyl (C=O) groups excluding carboxylic acids is 1. The Morgan fingerprint density at radius 2 is 1.93 bits per heavy atom. The van der Waals surface area contributed by atoms with Gasteiger partial charge in [-0.15, -0.1) is 5.10 Å². The third-order valence-electron chi connectivity index (χ3n) is 4.92. The second-order valence-electron chi connectivity index (χ2n) is 7.33. The Balaban J connectivity index is 1.63. The van der Waals surface area contributed by atoms with E-state index >= 15 is 0 Å². The Labute approximate surface area is 174 Å². The molecule has 1 amide bonds. The maximum Gasteiger partial charge on any atom is 0.222 e. The first-order chi connectivity index (χ1) is 14.6. The van der Waals surface area contributed by atoms with E-state index in [0.717, 1.165) is 27.9 Å². The minimum Gasteiger partial charge on any atom is -0.356 e. The number of amides is 1. The van der Waals surface area contributed by atoms with Crippen molar-refractivity contribution < 1.29 is 4.79 Å². The number of tetrazole rings is 1. The number of rotatable bonds is 7. The molecule has 0 aliphatic carbocycles. The highest BCUT2D eigenvalue weighted by Crippen LogP contribution is 2.28. The number of aromatic amines is 1. The molecule has 0 aliphatic heterocycles. The fourth-order valence-electron chi connectivity index (χ4n) is 3.26. The van der Waals surface area contributed by atoms with Gasteiger partial charge in [-0.2, -0.15) is 0 Å². The summed E-state index contributed by atoms with van der Waals surface area (Å²) < 4.78 is 1.96. The van der Waals surface area contributed by atoms with Crippen LogP contribution in [0.15, 0.2) is 61.2 Å². The third kappa shape index (κ3) is 4.27.